The third-order valence-electron chi connectivity index (χ3n) is 3.42. The lowest BCUT2D eigenvalue weighted by Crippen LogP contribution is -2.18. The normalized spacial score (nSPS) is 14.3. The first-order valence-corrected chi connectivity index (χ1v) is 6.60. The van der Waals surface area contributed by atoms with Gasteiger partial charge in [-0.1, -0.05) is 18.2 Å². The van der Waals surface area contributed by atoms with Gasteiger partial charge in [0.1, 0.15) is 5.82 Å². The van der Waals surface area contributed by atoms with Crippen molar-refractivity contribution < 1.29 is 13.9 Å². The van der Waals surface area contributed by atoms with Crippen LogP contribution in [-0.2, 0) is 6.54 Å². The van der Waals surface area contributed by atoms with Crippen molar-refractivity contribution in [3.63, 3.8) is 0 Å². The van der Waals surface area contributed by atoms with E-state index in [2.05, 4.69) is 12.2 Å². The van der Waals surface area contributed by atoms with E-state index in [1.807, 2.05) is 18.2 Å². The molecule has 0 saturated carbocycles. The molecule has 0 aliphatic carbocycles. The van der Waals surface area contributed by atoms with Gasteiger partial charge in [-0.3, -0.25) is 0 Å². The molecule has 2 aromatic carbocycles. The van der Waals surface area contributed by atoms with Crippen LogP contribution in [-0.4, -0.2) is 6.79 Å². The number of halogens is 1. The zero-order valence-electron chi connectivity index (χ0n) is 11.2. The molecule has 3 nitrogen and oxygen atoms in total. The highest BCUT2D eigenvalue weighted by Crippen LogP contribution is 2.32. The molecule has 20 heavy (non-hydrogen) atoms. The Morgan fingerprint density at radius 1 is 1.10 bits per heavy atom. The minimum absolute atomic E-state index is 0.154. The molecule has 0 amide bonds. The topological polar surface area (TPSA) is 30.5 Å². The highest BCUT2D eigenvalue weighted by atomic mass is 19.1. The van der Waals surface area contributed by atoms with Gasteiger partial charge in [-0.2, -0.15) is 0 Å². The molecule has 0 saturated heterocycles. The third-order valence-corrected chi connectivity index (χ3v) is 3.42. The molecule has 0 fully saturated rings. The quantitative estimate of drug-likeness (QED) is 0.926. The summed E-state index contributed by atoms with van der Waals surface area (Å²) >= 11 is 0. The van der Waals surface area contributed by atoms with Crippen molar-refractivity contribution in [1.29, 1.82) is 0 Å². The van der Waals surface area contributed by atoms with E-state index in [1.54, 1.807) is 12.1 Å². The van der Waals surface area contributed by atoms with E-state index >= 15 is 0 Å². The number of hydrogen-bond donors (Lipinski definition) is 1. The van der Waals surface area contributed by atoms with Crippen molar-refractivity contribution in [1.82, 2.24) is 5.32 Å². The Labute approximate surface area is 117 Å². The van der Waals surface area contributed by atoms with Gasteiger partial charge >= 0.3 is 0 Å². The van der Waals surface area contributed by atoms with E-state index in [1.165, 1.54) is 12.1 Å². The van der Waals surface area contributed by atoms with Gasteiger partial charge in [0.05, 0.1) is 0 Å². The summed E-state index contributed by atoms with van der Waals surface area (Å²) in [4.78, 5) is 0. The fourth-order valence-electron chi connectivity index (χ4n) is 2.19. The second kappa shape index (κ2) is 5.51. The molecule has 4 heteroatoms. The molecule has 1 aliphatic heterocycles. The second-order valence-electron chi connectivity index (χ2n) is 4.84. The summed E-state index contributed by atoms with van der Waals surface area (Å²) in [5, 5.41) is 3.41. The van der Waals surface area contributed by atoms with Crippen molar-refractivity contribution in [2.24, 2.45) is 0 Å². The zero-order valence-corrected chi connectivity index (χ0v) is 11.2. The Balaban J connectivity index is 1.63. The summed E-state index contributed by atoms with van der Waals surface area (Å²) in [6.45, 7) is 3.06. The summed E-state index contributed by atoms with van der Waals surface area (Å²) in [5.41, 5.74) is 2.19. The van der Waals surface area contributed by atoms with Crippen LogP contribution in [0.2, 0.25) is 0 Å². The van der Waals surface area contributed by atoms with Crippen molar-refractivity contribution in [2.45, 2.75) is 19.5 Å². The Morgan fingerprint density at radius 3 is 2.65 bits per heavy atom. The molecule has 0 unspecified atom stereocenters. The summed E-state index contributed by atoms with van der Waals surface area (Å²) in [7, 11) is 0. The summed E-state index contributed by atoms with van der Waals surface area (Å²) in [5.74, 6) is 1.37. The Morgan fingerprint density at radius 2 is 1.85 bits per heavy atom. The van der Waals surface area contributed by atoms with Crippen molar-refractivity contribution in [3.05, 3.63) is 59.4 Å². The highest BCUT2D eigenvalue weighted by molar-refractivity contribution is 5.44. The van der Waals surface area contributed by atoms with Gasteiger partial charge < -0.3 is 14.8 Å². The maximum atomic E-state index is 12.9. The Bertz CT molecular complexity index is 598. The number of fused-ring (bicyclic) bond motifs is 1. The third kappa shape index (κ3) is 2.75. The lowest BCUT2D eigenvalue weighted by molar-refractivity contribution is 0.174. The summed E-state index contributed by atoms with van der Waals surface area (Å²) < 4.78 is 23.5. The number of hydrogen-bond acceptors (Lipinski definition) is 3. The number of rotatable bonds is 4. The Hall–Kier alpha value is -2.07. The van der Waals surface area contributed by atoms with Gasteiger partial charge in [0.15, 0.2) is 11.5 Å². The van der Waals surface area contributed by atoms with Gasteiger partial charge in [0.2, 0.25) is 6.79 Å². The van der Waals surface area contributed by atoms with Crippen LogP contribution in [0, 0.1) is 5.82 Å². The highest BCUT2D eigenvalue weighted by Gasteiger charge is 2.13. The van der Waals surface area contributed by atoms with Crippen molar-refractivity contribution >= 4 is 0 Å². The first kappa shape index (κ1) is 12.9. The van der Waals surface area contributed by atoms with E-state index in [-0.39, 0.29) is 18.7 Å². The molecular formula is C16H16FNO2. The maximum Gasteiger partial charge on any atom is 0.231 e. The van der Waals surface area contributed by atoms with Crippen molar-refractivity contribution in [3.8, 4) is 11.5 Å². The monoisotopic (exact) mass is 273 g/mol. The lowest BCUT2D eigenvalue weighted by Gasteiger charge is -2.14. The van der Waals surface area contributed by atoms with Crippen LogP contribution in [0.25, 0.3) is 0 Å². The van der Waals surface area contributed by atoms with Gasteiger partial charge in [0.25, 0.3) is 0 Å². The van der Waals surface area contributed by atoms with Crippen LogP contribution in [0.4, 0.5) is 4.39 Å². The SMILES string of the molecule is C[C@@H](NCc1ccc2c(c1)OCO2)c1ccc(F)cc1. The molecule has 0 spiro atoms. The molecule has 1 heterocycles. The number of ether oxygens (including phenoxy) is 2. The molecule has 0 radical (unpaired) electrons. The molecule has 1 aliphatic rings. The van der Waals surface area contributed by atoms with Crippen molar-refractivity contribution in [2.75, 3.05) is 6.79 Å². The van der Waals surface area contributed by atoms with E-state index in [0.29, 0.717) is 0 Å². The molecule has 3 rings (SSSR count). The van der Waals surface area contributed by atoms with E-state index in [4.69, 9.17) is 9.47 Å². The van der Waals surface area contributed by atoms with Crippen LogP contribution >= 0.6 is 0 Å². The molecule has 0 aromatic heterocycles. The molecular weight excluding hydrogens is 257 g/mol. The first-order chi connectivity index (χ1) is 9.72. The molecule has 0 bridgehead atoms. The Kier molecular flexibility index (Phi) is 3.56. The minimum atomic E-state index is -0.211. The summed E-state index contributed by atoms with van der Waals surface area (Å²) in [6.07, 6.45) is 0. The minimum Gasteiger partial charge on any atom is -0.454 e. The van der Waals surface area contributed by atoms with Crippen LogP contribution in [0.5, 0.6) is 11.5 Å². The van der Waals surface area contributed by atoms with Gasteiger partial charge in [0, 0.05) is 12.6 Å². The van der Waals surface area contributed by atoms with Crippen LogP contribution < -0.4 is 14.8 Å². The molecule has 1 N–H and O–H groups in total. The average molecular weight is 273 g/mol. The van der Waals surface area contributed by atoms with Crippen LogP contribution in [0.3, 0.4) is 0 Å². The van der Waals surface area contributed by atoms with Gasteiger partial charge in [-0.25, -0.2) is 4.39 Å². The van der Waals surface area contributed by atoms with Gasteiger partial charge in [-0.15, -0.1) is 0 Å². The largest absolute Gasteiger partial charge is 0.454 e. The lowest BCUT2D eigenvalue weighted by atomic mass is 10.1. The zero-order chi connectivity index (χ0) is 13.9. The molecule has 104 valence electrons. The van der Waals surface area contributed by atoms with Crippen LogP contribution in [0.15, 0.2) is 42.5 Å². The fourth-order valence-corrected chi connectivity index (χ4v) is 2.19. The maximum absolute atomic E-state index is 12.9. The molecule has 2 aromatic rings. The first-order valence-electron chi connectivity index (χ1n) is 6.60. The number of benzene rings is 2. The standard InChI is InChI=1S/C16H16FNO2/c1-11(13-3-5-14(17)6-4-13)18-9-12-2-7-15-16(8-12)20-10-19-15/h2-8,11,18H,9-10H2,1H3/t11-/m1/s1. The van der Waals surface area contributed by atoms with E-state index in [0.717, 1.165) is 29.2 Å². The van der Waals surface area contributed by atoms with E-state index < -0.39 is 0 Å². The van der Waals surface area contributed by atoms with Gasteiger partial charge in [-0.05, 0) is 42.3 Å². The predicted octanol–water partition coefficient (Wildman–Crippen LogP) is 3.41. The predicted molar refractivity (Wildman–Crippen MR) is 74.2 cm³/mol. The second-order valence-corrected chi connectivity index (χ2v) is 4.84. The fraction of sp³-hybridized carbons (Fsp3) is 0.250. The smallest absolute Gasteiger partial charge is 0.231 e. The molecule has 1 atom stereocenters. The van der Waals surface area contributed by atoms with Crippen LogP contribution in [0.1, 0.15) is 24.1 Å². The summed E-state index contributed by atoms with van der Waals surface area (Å²) in [6, 6.07) is 12.6. The average Bonchev–Trinajstić information content (AvgIpc) is 2.93. The van der Waals surface area contributed by atoms with E-state index in [9.17, 15) is 4.39 Å². The number of nitrogens with one attached hydrogen (secondary N) is 1.